The third-order valence-corrected chi connectivity index (χ3v) is 2.51. The molecule has 3 N–H and O–H groups in total. The van der Waals surface area contributed by atoms with E-state index in [0.717, 1.165) is 13.0 Å². The highest BCUT2D eigenvalue weighted by atomic mass is 15.1. The molecule has 0 rings (SSSR count). The minimum atomic E-state index is 0.102. The SMILES string of the molecule is CCCCCCCCCCNC(=N)NC#N. The number of nitrogens with zero attached hydrogens (tertiary/aromatic N) is 1. The Kier molecular flexibility index (Phi) is 10.9. The highest BCUT2D eigenvalue weighted by Gasteiger charge is 1.93. The van der Waals surface area contributed by atoms with Gasteiger partial charge in [-0.2, -0.15) is 5.26 Å². The summed E-state index contributed by atoms with van der Waals surface area (Å²) in [6.45, 7) is 3.01. The molecule has 92 valence electrons. The van der Waals surface area contributed by atoms with E-state index in [1.54, 1.807) is 6.19 Å². The van der Waals surface area contributed by atoms with Gasteiger partial charge < -0.3 is 5.32 Å². The maximum absolute atomic E-state index is 8.24. The van der Waals surface area contributed by atoms with Crippen LogP contribution < -0.4 is 10.6 Å². The van der Waals surface area contributed by atoms with Crippen LogP contribution in [0.4, 0.5) is 0 Å². The molecule has 0 aliphatic rings. The molecule has 0 heterocycles. The van der Waals surface area contributed by atoms with E-state index in [1.807, 2.05) is 0 Å². The lowest BCUT2D eigenvalue weighted by atomic mass is 10.1. The Balaban J connectivity index is 3.04. The summed E-state index contributed by atoms with van der Waals surface area (Å²) < 4.78 is 0. The van der Waals surface area contributed by atoms with E-state index in [1.165, 1.54) is 44.9 Å². The average molecular weight is 224 g/mol. The number of unbranched alkanes of at least 4 members (excludes halogenated alkanes) is 7. The van der Waals surface area contributed by atoms with Crippen molar-refractivity contribution in [2.45, 2.75) is 58.3 Å². The van der Waals surface area contributed by atoms with Crippen molar-refractivity contribution in [3.8, 4) is 6.19 Å². The molecule has 0 saturated heterocycles. The molecule has 0 aliphatic heterocycles. The lowest BCUT2D eigenvalue weighted by Crippen LogP contribution is -2.33. The first-order valence-corrected chi connectivity index (χ1v) is 6.28. The van der Waals surface area contributed by atoms with Crippen molar-refractivity contribution in [1.29, 1.82) is 10.7 Å². The van der Waals surface area contributed by atoms with Gasteiger partial charge in [0, 0.05) is 6.54 Å². The van der Waals surface area contributed by atoms with Crippen LogP contribution in [0.5, 0.6) is 0 Å². The van der Waals surface area contributed by atoms with E-state index in [9.17, 15) is 0 Å². The number of rotatable bonds is 9. The van der Waals surface area contributed by atoms with Crippen LogP contribution in [0, 0.1) is 16.9 Å². The molecule has 0 spiro atoms. The molecule has 4 heteroatoms. The maximum Gasteiger partial charge on any atom is 0.201 e. The summed E-state index contributed by atoms with van der Waals surface area (Å²) in [5.74, 6) is 0.102. The van der Waals surface area contributed by atoms with Crippen molar-refractivity contribution in [1.82, 2.24) is 10.6 Å². The Labute approximate surface area is 98.9 Å². The topological polar surface area (TPSA) is 71.7 Å². The van der Waals surface area contributed by atoms with Crippen LogP contribution >= 0.6 is 0 Å². The molecular weight excluding hydrogens is 200 g/mol. The minimum absolute atomic E-state index is 0.102. The molecule has 0 aliphatic carbocycles. The molecule has 0 unspecified atom stereocenters. The molecule has 0 aromatic rings. The summed E-state index contributed by atoms with van der Waals surface area (Å²) >= 11 is 0. The van der Waals surface area contributed by atoms with Crippen LogP contribution in [0.25, 0.3) is 0 Å². The second-order valence-electron chi connectivity index (χ2n) is 4.01. The highest BCUT2D eigenvalue weighted by molar-refractivity contribution is 5.77. The Morgan fingerprint density at radius 1 is 1.06 bits per heavy atom. The molecule has 0 atom stereocenters. The van der Waals surface area contributed by atoms with E-state index in [-0.39, 0.29) is 5.96 Å². The summed E-state index contributed by atoms with van der Waals surface area (Å²) in [7, 11) is 0. The van der Waals surface area contributed by atoms with Gasteiger partial charge in [-0.15, -0.1) is 0 Å². The molecular formula is C12H24N4. The molecule has 0 bridgehead atoms. The molecule has 0 fully saturated rings. The van der Waals surface area contributed by atoms with Crippen molar-refractivity contribution in [3.63, 3.8) is 0 Å². The first-order valence-electron chi connectivity index (χ1n) is 6.28. The third kappa shape index (κ3) is 10.8. The lowest BCUT2D eigenvalue weighted by molar-refractivity contribution is 0.572. The molecule has 4 nitrogen and oxygen atoms in total. The molecule has 0 aromatic carbocycles. The summed E-state index contributed by atoms with van der Waals surface area (Å²) in [5.41, 5.74) is 0. The average Bonchev–Trinajstić information content (AvgIpc) is 2.27. The van der Waals surface area contributed by atoms with Gasteiger partial charge in [-0.3, -0.25) is 10.7 Å². The number of hydrogen-bond donors (Lipinski definition) is 3. The van der Waals surface area contributed by atoms with Crippen LogP contribution in [-0.2, 0) is 0 Å². The van der Waals surface area contributed by atoms with Crippen molar-refractivity contribution in [2.75, 3.05) is 6.54 Å². The normalized spacial score (nSPS) is 9.50. The van der Waals surface area contributed by atoms with Crippen LogP contribution in [-0.4, -0.2) is 12.5 Å². The maximum atomic E-state index is 8.24. The van der Waals surface area contributed by atoms with Crippen molar-refractivity contribution < 1.29 is 0 Å². The Morgan fingerprint density at radius 2 is 1.62 bits per heavy atom. The lowest BCUT2D eigenvalue weighted by Gasteiger charge is -2.05. The van der Waals surface area contributed by atoms with Gasteiger partial charge in [0.2, 0.25) is 5.96 Å². The van der Waals surface area contributed by atoms with E-state index >= 15 is 0 Å². The van der Waals surface area contributed by atoms with Crippen LogP contribution in [0.2, 0.25) is 0 Å². The zero-order valence-electron chi connectivity index (χ0n) is 10.3. The fraction of sp³-hybridized carbons (Fsp3) is 0.833. The largest absolute Gasteiger partial charge is 0.356 e. The van der Waals surface area contributed by atoms with Crippen LogP contribution in [0.1, 0.15) is 58.3 Å². The van der Waals surface area contributed by atoms with Crippen molar-refractivity contribution in [2.24, 2.45) is 0 Å². The van der Waals surface area contributed by atoms with Gasteiger partial charge in [0.15, 0.2) is 6.19 Å². The van der Waals surface area contributed by atoms with Crippen LogP contribution in [0.15, 0.2) is 0 Å². The molecule has 0 amide bonds. The van der Waals surface area contributed by atoms with Gasteiger partial charge in [-0.05, 0) is 6.42 Å². The van der Waals surface area contributed by atoms with E-state index in [4.69, 9.17) is 10.7 Å². The second-order valence-corrected chi connectivity index (χ2v) is 4.01. The predicted octanol–water partition coefficient (Wildman–Crippen LogP) is 2.72. The van der Waals surface area contributed by atoms with Gasteiger partial charge in [0.25, 0.3) is 0 Å². The molecule has 16 heavy (non-hydrogen) atoms. The predicted molar refractivity (Wildman–Crippen MR) is 67.1 cm³/mol. The smallest absolute Gasteiger partial charge is 0.201 e. The van der Waals surface area contributed by atoms with Crippen molar-refractivity contribution in [3.05, 3.63) is 0 Å². The van der Waals surface area contributed by atoms with Gasteiger partial charge in [-0.25, -0.2) is 0 Å². The van der Waals surface area contributed by atoms with E-state index < -0.39 is 0 Å². The fourth-order valence-corrected chi connectivity index (χ4v) is 1.57. The van der Waals surface area contributed by atoms with Crippen molar-refractivity contribution >= 4 is 5.96 Å². The van der Waals surface area contributed by atoms with Gasteiger partial charge in [-0.1, -0.05) is 51.9 Å². The summed E-state index contributed by atoms with van der Waals surface area (Å²) in [4.78, 5) is 0. The summed E-state index contributed by atoms with van der Waals surface area (Å²) in [6, 6.07) is 0. The molecule has 0 radical (unpaired) electrons. The highest BCUT2D eigenvalue weighted by Crippen LogP contribution is 2.07. The third-order valence-electron chi connectivity index (χ3n) is 2.51. The zero-order chi connectivity index (χ0) is 12.1. The zero-order valence-corrected chi connectivity index (χ0v) is 10.3. The Morgan fingerprint density at radius 3 is 2.19 bits per heavy atom. The molecule has 0 saturated carbocycles. The first-order chi connectivity index (χ1) is 7.81. The quantitative estimate of drug-likeness (QED) is 0.185. The Bertz CT molecular complexity index is 208. The minimum Gasteiger partial charge on any atom is -0.356 e. The fourth-order valence-electron chi connectivity index (χ4n) is 1.57. The molecule has 0 aromatic heterocycles. The van der Waals surface area contributed by atoms with Gasteiger partial charge >= 0.3 is 0 Å². The van der Waals surface area contributed by atoms with Crippen LogP contribution in [0.3, 0.4) is 0 Å². The standard InChI is InChI=1S/C12H24N4/c1-2-3-4-5-6-7-8-9-10-15-12(14)16-11-13/h2-10H2,1H3,(H3,14,15,16). The second kappa shape index (κ2) is 11.8. The van der Waals surface area contributed by atoms with Gasteiger partial charge in [0.05, 0.1) is 0 Å². The number of guanidine groups is 1. The first kappa shape index (κ1) is 14.8. The Hall–Kier alpha value is -1.24. The monoisotopic (exact) mass is 224 g/mol. The van der Waals surface area contributed by atoms with E-state index in [2.05, 4.69) is 17.6 Å². The number of hydrogen-bond acceptors (Lipinski definition) is 2. The summed E-state index contributed by atoms with van der Waals surface area (Å²) in [5, 5.41) is 20.6. The number of nitrogens with one attached hydrogen (secondary N) is 3. The number of nitriles is 1. The summed E-state index contributed by atoms with van der Waals surface area (Å²) in [6.07, 6.45) is 12.0. The van der Waals surface area contributed by atoms with Gasteiger partial charge in [0.1, 0.15) is 0 Å². The van der Waals surface area contributed by atoms with E-state index in [0.29, 0.717) is 0 Å².